The molecule has 1 heterocycles. The van der Waals surface area contributed by atoms with Gasteiger partial charge in [0.25, 0.3) is 5.91 Å². The second kappa shape index (κ2) is 18.3. The van der Waals surface area contributed by atoms with E-state index < -0.39 is 36.5 Å². The summed E-state index contributed by atoms with van der Waals surface area (Å²) in [6.07, 6.45) is 1.39. The zero-order valence-corrected chi connectivity index (χ0v) is 29.5. The molecule has 15 heteroatoms. The van der Waals surface area contributed by atoms with Gasteiger partial charge in [0.2, 0.25) is 0 Å². The first kappa shape index (κ1) is 38.0. The lowest BCUT2D eigenvalue weighted by Crippen LogP contribution is -2.45. The van der Waals surface area contributed by atoms with Gasteiger partial charge in [-0.2, -0.15) is 5.10 Å². The average Bonchev–Trinajstić information content (AvgIpc) is 3.10. The quantitative estimate of drug-likeness (QED) is 0.101. The number of nitrogens with one attached hydrogen (secondary N) is 3. The van der Waals surface area contributed by atoms with Crippen molar-refractivity contribution < 1.29 is 47.6 Å². The lowest BCUT2D eigenvalue weighted by molar-refractivity contribution is -0.139. The lowest BCUT2D eigenvalue weighted by atomic mass is 9.95. The van der Waals surface area contributed by atoms with E-state index in [9.17, 15) is 19.2 Å². The number of hydrogen-bond donors (Lipinski definition) is 3. The van der Waals surface area contributed by atoms with Gasteiger partial charge in [0, 0.05) is 5.70 Å². The number of esters is 2. The van der Waals surface area contributed by atoms with Crippen LogP contribution in [-0.4, -0.2) is 63.6 Å². The van der Waals surface area contributed by atoms with Crippen LogP contribution in [0.4, 0.5) is 4.79 Å². The number of ether oxygens (including phenoxy) is 6. The maximum absolute atomic E-state index is 12.7. The van der Waals surface area contributed by atoms with Gasteiger partial charge in [-0.15, -0.1) is 0 Å². The maximum atomic E-state index is 12.7. The van der Waals surface area contributed by atoms with Gasteiger partial charge < -0.3 is 39.1 Å². The molecule has 0 saturated carbocycles. The molecule has 1 aliphatic rings. The molecule has 0 saturated heterocycles. The SMILES string of the molecule is CCOC(=O)C1=C(C)NC(=O)N[C@@H]1c1ccc(OCC(=O)N/N=C/c2cc(Cl)c(OCc3ccc(C(=O)OCC)cc3)c(OCC)c2)c(OC)c1. The standard InChI is InChI=1S/C36H39ClN4O10/c1-6-47-29-16-23(15-26(37)33(29)51-19-22-9-11-24(12-10-22)34(43)48-7-2)18-38-41-30(42)20-50-27-14-13-25(17-28(27)46-5)32-31(35(44)49-8-3)21(4)39-36(45)40-32/h9-18,32H,6-8,19-20H2,1-5H3,(H,41,42)(H2,39,40,45)/b38-18+/t32-/m1/s1. The van der Waals surface area contributed by atoms with Crippen LogP contribution in [0.1, 0.15) is 60.8 Å². The number of hydrazone groups is 1. The number of allylic oxidation sites excluding steroid dienone is 1. The third-order valence-corrected chi connectivity index (χ3v) is 7.51. The van der Waals surface area contributed by atoms with Crippen LogP contribution in [0.3, 0.4) is 0 Å². The van der Waals surface area contributed by atoms with E-state index in [4.69, 9.17) is 40.0 Å². The van der Waals surface area contributed by atoms with Crippen molar-refractivity contribution in [2.45, 2.75) is 40.3 Å². The number of benzene rings is 3. The minimum absolute atomic E-state index is 0.167. The second-order valence-electron chi connectivity index (χ2n) is 10.8. The van der Waals surface area contributed by atoms with Crippen molar-refractivity contribution in [3.8, 4) is 23.0 Å². The van der Waals surface area contributed by atoms with Crippen LogP contribution in [0, 0.1) is 0 Å². The van der Waals surface area contributed by atoms with E-state index in [1.807, 2.05) is 6.92 Å². The number of amides is 3. The summed E-state index contributed by atoms with van der Waals surface area (Å²) in [5, 5.41) is 9.58. The summed E-state index contributed by atoms with van der Waals surface area (Å²) < 4.78 is 33.0. The van der Waals surface area contributed by atoms with Gasteiger partial charge in [-0.3, -0.25) is 4.79 Å². The Kier molecular flexibility index (Phi) is 13.6. The zero-order valence-electron chi connectivity index (χ0n) is 28.8. The molecule has 3 amide bonds. The maximum Gasteiger partial charge on any atom is 0.338 e. The summed E-state index contributed by atoms with van der Waals surface area (Å²) in [6.45, 7) is 7.44. The van der Waals surface area contributed by atoms with Crippen molar-refractivity contribution in [3.05, 3.63) is 93.1 Å². The highest BCUT2D eigenvalue weighted by atomic mass is 35.5. The molecule has 3 aromatic rings. The lowest BCUT2D eigenvalue weighted by Gasteiger charge is -2.28. The van der Waals surface area contributed by atoms with Crippen LogP contribution in [-0.2, 0) is 25.7 Å². The van der Waals surface area contributed by atoms with Crippen LogP contribution in [0.5, 0.6) is 23.0 Å². The van der Waals surface area contributed by atoms with Gasteiger partial charge >= 0.3 is 18.0 Å². The Labute approximate surface area is 300 Å². The molecular weight excluding hydrogens is 684 g/mol. The summed E-state index contributed by atoms with van der Waals surface area (Å²) in [5.41, 5.74) is 5.33. The number of methoxy groups -OCH3 is 1. The molecule has 4 rings (SSSR count). The van der Waals surface area contributed by atoms with Crippen molar-refractivity contribution in [2.24, 2.45) is 5.10 Å². The molecule has 1 atom stereocenters. The van der Waals surface area contributed by atoms with Gasteiger partial charge in [-0.25, -0.2) is 19.8 Å². The van der Waals surface area contributed by atoms with Crippen LogP contribution >= 0.6 is 11.6 Å². The minimum Gasteiger partial charge on any atom is -0.493 e. The molecule has 0 fully saturated rings. The molecule has 270 valence electrons. The first-order valence-electron chi connectivity index (χ1n) is 16.0. The Morgan fingerprint density at radius 2 is 1.61 bits per heavy atom. The number of halogens is 1. The van der Waals surface area contributed by atoms with Gasteiger partial charge in [0.05, 0.1) is 55.3 Å². The van der Waals surface area contributed by atoms with Crippen molar-refractivity contribution in [3.63, 3.8) is 0 Å². The molecule has 3 N–H and O–H groups in total. The van der Waals surface area contributed by atoms with Crippen LogP contribution in [0.2, 0.25) is 5.02 Å². The predicted molar refractivity (Wildman–Crippen MR) is 187 cm³/mol. The first-order chi connectivity index (χ1) is 24.6. The van der Waals surface area contributed by atoms with E-state index in [-0.39, 0.29) is 35.3 Å². The highest BCUT2D eigenvalue weighted by Gasteiger charge is 2.32. The van der Waals surface area contributed by atoms with Gasteiger partial charge in [-0.1, -0.05) is 29.8 Å². The third-order valence-electron chi connectivity index (χ3n) is 7.23. The minimum atomic E-state index is -0.799. The summed E-state index contributed by atoms with van der Waals surface area (Å²) in [6, 6.07) is 13.7. The molecule has 0 unspecified atom stereocenters. The van der Waals surface area contributed by atoms with Gasteiger partial charge in [0.15, 0.2) is 29.6 Å². The topological polar surface area (TPSA) is 172 Å². The Morgan fingerprint density at radius 1 is 0.882 bits per heavy atom. The first-order valence-corrected chi connectivity index (χ1v) is 16.4. The fourth-order valence-corrected chi connectivity index (χ4v) is 5.21. The van der Waals surface area contributed by atoms with E-state index in [1.165, 1.54) is 13.3 Å². The normalized spacial score (nSPS) is 13.9. The van der Waals surface area contributed by atoms with Gasteiger partial charge in [0.1, 0.15) is 6.61 Å². The number of nitrogens with zero attached hydrogens (tertiary/aromatic N) is 1. The Balaban J connectivity index is 1.37. The fraction of sp³-hybridized carbons (Fsp3) is 0.306. The third kappa shape index (κ3) is 10.1. The number of carbonyl (C=O) groups is 4. The van der Waals surface area contributed by atoms with Crippen LogP contribution in [0.25, 0.3) is 0 Å². The Morgan fingerprint density at radius 3 is 2.29 bits per heavy atom. The van der Waals surface area contributed by atoms with Crippen molar-refractivity contribution in [1.29, 1.82) is 0 Å². The molecular formula is C36H39ClN4O10. The molecule has 0 spiro atoms. The number of urea groups is 1. The molecule has 51 heavy (non-hydrogen) atoms. The Bertz CT molecular complexity index is 1810. The molecule has 0 bridgehead atoms. The fourth-order valence-electron chi connectivity index (χ4n) is 4.93. The van der Waals surface area contributed by atoms with E-state index in [0.717, 1.165) is 5.56 Å². The van der Waals surface area contributed by atoms with Gasteiger partial charge in [-0.05, 0) is 80.8 Å². The van der Waals surface area contributed by atoms with E-state index in [2.05, 4.69) is 21.2 Å². The molecule has 3 aromatic carbocycles. The average molecular weight is 723 g/mol. The number of rotatable bonds is 16. The van der Waals surface area contributed by atoms with Crippen LogP contribution in [0.15, 0.2) is 71.0 Å². The Hall–Kier alpha value is -5.76. The van der Waals surface area contributed by atoms with E-state index >= 15 is 0 Å². The second-order valence-corrected chi connectivity index (χ2v) is 11.2. The van der Waals surface area contributed by atoms with Crippen molar-refractivity contribution in [1.82, 2.24) is 16.1 Å². The van der Waals surface area contributed by atoms with Crippen molar-refractivity contribution >= 4 is 41.7 Å². The molecule has 0 aliphatic carbocycles. The highest BCUT2D eigenvalue weighted by molar-refractivity contribution is 6.32. The monoisotopic (exact) mass is 722 g/mol. The van der Waals surface area contributed by atoms with E-state index in [1.54, 1.807) is 75.4 Å². The predicted octanol–water partition coefficient (Wildman–Crippen LogP) is 5.22. The summed E-state index contributed by atoms with van der Waals surface area (Å²) >= 11 is 6.54. The molecule has 0 aromatic heterocycles. The zero-order chi connectivity index (χ0) is 36.9. The smallest absolute Gasteiger partial charge is 0.338 e. The summed E-state index contributed by atoms with van der Waals surface area (Å²) in [4.78, 5) is 49.3. The summed E-state index contributed by atoms with van der Waals surface area (Å²) in [7, 11) is 1.42. The highest BCUT2D eigenvalue weighted by Crippen LogP contribution is 2.37. The number of carbonyl (C=O) groups excluding carboxylic acids is 4. The summed E-state index contributed by atoms with van der Waals surface area (Å²) in [5.74, 6) is -0.302. The number of hydrogen-bond acceptors (Lipinski definition) is 11. The van der Waals surface area contributed by atoms with Crippen LogP contribution < -0.4 is 35.0 Å². The molecule has 14 nitrogen and oxygen atoms in total. The van der Waals surface area contributed by atoms with E-state index in [0.29, 0.717) is 47.1 Å². The molecule has 0 radical (unpaired) electrons. The van der Waals surface area contributed by atoms with Crippen molar-refractivity contribution in [2.75, 3.05) is 33.5 Å². The molecule has 1 aliphatic heterocycles. The largest absolute Gasteiger partial charge is 0.493 e.